The molecule has 1 atom stereocenters. The van der Waals surface area contributed by atoms with Crippen LogP contribution in [0.1, 0.15) is 29.5 Å². The minimum atomic E-state index is -0.621. The number of nitrogens with one attached hydrogen (secondary N) is 1. The Bertz CT molecular complexity index is 1060. The second-order valence-electron chi connectivity index (χ2n) is 6.47. The zero-order valence-corrected chi connectivity index (χ0v) is 15.4. The number of esters is 1. The predicted octanol–water partition coefficient (Wildman–Crippen LogP) is 1.40. The van der Waals surface area contributed by atoms with Gasteiger partial charge in [-0.3, -0.25) is 13.9 Å². The molecule has 1 aliphatic heterocycles. The van der Waals surface area contributed by atoms with E-state index in [2.05, 4.69) is 5.32 Å². The van der Waals surface area contributed by atoms with Crippen LogP contribution in [-0.2, 0) is 23.6 Å². The van der Waals surface area contributed by atoms with E-state index in [4.69, 9.17) is 4.74 Å². The number of hydrogen-bond donors (Lipinski definition) is 1. The molecule has 0 spiro atoms. The summed E-state index contributed by atoms with van der Waals surface area (Å²) >= 11 is 0. The quantitative estimate of drug-likeness (QED) is 0.824. The van der Waals surface area contributed by atoms with E-state index >= 15 is 0 Å². The summed E-state index contributed by atoms with van der Waals surface area (Å²) in [6.07, 6.45) is 0. The van der Waals surface area contributed by atoms with E-state index in [1.165, 1.54) is 18.7 Å². The van der Waals surface area contributed by atoms with Crippen molar-refractivity contribution in [3.8, 4) is 0 Å². The maximum Gasteiger partial charge on any atom is 0.336 e. The van der Waals surface area contributed by atoms with Gasteiger partial charge in [0, 0.05) is 19.8 Å². The predicted molar refractivity (Wildman–Crippen MR) is 98.3 cm³/mol. The first-order valence-corrected chi connectivity index (χ1v) is 8.20. The lowest BCUT2D eigenvalue weighted by Gasteiger charge is -2.30. The average molecular weight is 355 g/mol. The molecule has 0 unspecified atom stereocenters. The van der Waals surface area contributed by atoms with Gasteiger partial charge in [-0.05, 0) is 19.4 Å². The fourth-order valence-electron chi connectivity index (χ4n) is 3.45. The number of fused-ring (bicyclic) bond motifs is 1. The van der Waals surface area contributed by atoms with Gasteiger partial charge in [-0.25, -0.2) is 9.59 Å². The van der Waals surface area contributed by atoms with Crippen LogP contribution in [0.5, 0.6) is 0 Å². The van der Waals surface area contributed by atoms with Crippen molar-refractivity contribution in [3.63, 3.8) is 0 Å². The normalized spacial score (nSPS) is 16.1. The number of anilines is 1. The molecule has 136 valence electrons. The summed E-state index contributed by atoms with van der Waals surface area (Å²) < 4.78 is 7.41. The molecule has 2 aromatic rings. The van der Waals surface area contributed by atoms with Crippen LogP contribution in [0.4, 0.5) is 5.82 Å². The second kappa shape index (κ2) is 6.33. The molecule has 7 nitrogen and oxygen atoms in total. The summed E-state index contributed by atoms with van der Waals surface area (Å²) in [5, 5.41) is 3.05. The van der Waals surface area contributed by atoms with Crippen molar-refractivity contribution >= 4 is 11.8 Å². The van der Waals surface area contributed by atoms with Gasteiger partial charge in [0.05, 0.1) is 24.2 Å². The largest absolute Gasteiger partial charge is 0.466 e. The van der Waals surface area contributed by atoms with Gasteiger partial charge in [0.2, 0.25) is 0 Å². The van der Waals surface area contributed by atoms with E-state index in [0.29, 0.717) is 22.7 Å². The van der Waals surface area contributed by atoms with Gasteiger partial charge < -0.3 is 10.1 Å². The third kappa shape index (κ3) is 2.56. The number of carbonyl (C=O) groups excluding carboxylic acids is 1. The van der Waals surface area contributed by atoms with Gasteiger partial charge in [-0.2, -0.15) is 0 Å². The van der Waals surface area contributed by atoms with Crippen LogP contribution in [0.2, 0.25) is 0 Å². The van der Waals surface area contributed by atoms with Crippen LogP contribution < -0.4 is 16.6 Å². The van der Waals surface area contributed by atoms with E-state index < -0.39 is 23.1 Å². The molecule has 1 N–H and O–H groups in total. The summed E-state index contributed by atoms with van der Waals surface area (Å²) in [6.45, 7) is 3.68. The van der Waals surface area contributed by atoms with Crippen LogP contribution >= 0.6 is 0 Å². The summed E-state index contributed by atoms with van der Waals surface area (Å²) in [7, 11) is 4.34. The lowest BCUT2D eigenvalue weighted by atomic mass is 9.82. The Kier molecular flexibility index (Phi) is 4.31. The third-order valence-electron chi connectivity index (χ3n) is 4.77. The first-order valence-electron chi connectivity index (χ1n) is 8.20. The topological polar surface area (TPSA) is 82.3 Å². The Morgan fingerprint density at radius 2 is 1.85 bits per heavy atom. The van der Waals surface area contributed by atoms with Crippen LogP contribution in [0.15, 0.2) is 45.1 Å². The lowest BCUT2D eigenvalue weighted by molar-refractivity contribution is -0.136. The maximum absolute atomic E-state index is 13.0. The zero-order valence-electron chi connectivity index (χ0n) is 15.4. The molecule has 0 aliphatic carbocycles. The Morgan fingerprint density at radius 3 is 2.46 bits per heavy atom. The average Bonchev–Trinajstić information content (AvgIpc) is 2.63. The standard InChI is InChI=1S/C19H21N3O4/c1-10-7-6-8-12(9-10)14-13(18(24)26-5)11(2)20-16-15(14)17(23)22(4)19(25)21(16)3/h6-9,14,20H,1-5H3/t14-/m1/s1. The minimum Gasteiger partial charge on any atom is -0.466 e. The highest BCUT2D eigenvalue weighted by molar-refractivity contribution is 5.94. The smallest absolute Gasteiger partial charge is 0.336 e. The maximum atomic E-state index is 13.0. The van der Waals surface area contributed by atoms with E-state index in [1.54, 1.807) is 14.0 Å². The molecule has 0 fully saturated rings. The first kappa shape index (κ1) is 17.7. The van der Waals surface area contributed by atoms with Crippen molar-refractivity contribution in [1.29, 1.82) is 0 Å². The molecule has 3 rings (SSSR count). The number of nitrogens with zero attached hydrogens (tertiary/aromatic N) is 2. The number of rotatable bonds is 2. The van der Waals surface area contributed by atoms with Crippen LogP contribution in [0, 0.1) is 6.92 Å². The van der Waals surface area contributed by atoms with Crippen molar-refractivity contribution in [3.05, 3.63) is 73.1 Å². The van der Waals surface area contributed by atoms with Crippen molar-refractivity contribution in [2.24, 2.45) is 14.1 Å². The van der Waals surface area contributed by atoms with Gasteiger partial charge >= 0.3 is 11.7 Å². The monoisotopic (exact) mass is 355 g/mol. The van der Waals surface area contributed by atoms with Crippen molar-refractivity contribution in [1.82, 2.24) is 9.13 Å². The van der Waals surface area contributed by atoms with E-state index in [-0.39, 0.29) is 0 Å². The molecule has 0 saturated heterocycles. The molecular formula is C19H21N3O4. The van der Waals surface area contributed by atoms with Crippen molar-refractivity contribution < 1.29 is 9.53 Å². The van der Waals surface area contributed by atoms with Gasteiger partial charge in [0.1, 0.15) is 5.82 Å². The highest BCUT2D eigenvalue weighted by Gasteiger charge is 2.37. The van der Waals surface area contributed by atoms with Gasteiger partial charge in [-0.1, -0.05) is 29.8 Å². The molecule has 0 saturated carbocycles. The molecule has 26 heavy (non-hydrogen) atoms. The summed E-state index contributed by atoms with van der Waals surface area (Å²) in [5.74, 6) is -0.734. The van der Waals surface area contributed by atoms with Crippen molar-refractivity contribution in [2.75, 3.05) is 12.4 Å². The fraction of sp³-hybridized carbons (Fsp3) is 0.316. The number of carbonyl (C=O) groups is 1. The van der Waals surface area contributed by atoms with E-state index in [9.17, 15) is 14.4 Å². The summed E-state index contributed by atoms with van der Waals surface area (Å²) in [5.41, 5.74) is 2.20. The molecule has 1 aromatic carbocycles. The Morgan fingerprint density at radius 1 is 1.15 bits per heavy atom. The molecule has 1 aliphatic rings. The number of allylic oxidation sites excluding steroid dienone is 1. The first-order chi connectivity index (χ1) is 12.3. The molecule has 2 heterocycles. The SMILES string of the molecule is COC(=O)C1=C(C)Nc2c(c(=O)n(C)c(=O)n2C)[C@@H]1c1cccc(C)c1. The summed E-state index contributed by atoms with van der Waals surface area (Å²) in [6, 6.07) is 7.62. The molecular weight excluding hydrogens is 334 g/mol. The zero-order chi connectivity index (χ0) is 19.2. The molecule has 0 radical (unpaired) electrons. The third-order valence-corrected chi connectivity index (χ3v) is 4.77. The fourth-order valence-corrected chi connectivity index (χ4v) is 3.45. The molecule has 7 heteroatoms. The number of methoxy groups -OCH3 is 1. The number of benzene rings is 1. The van der Waals surface area contributed by atoms with Crippen LogP contribution in [-0.4, -0.2) is 22.2 Å². The molecule has 0 amide bonds. The lowest BCUT2D eigenvalue weighted by Crippen LogP contribution is -2.43. The van der Waals surface area contributed by atoms with Gasteiger partial charge in [0.25, 0.3) is 5.56 Å². The molecule has 0 bridgehead atoms. The molecule has 1 aromatic heterocycles. The van der Waals surface area contributed by atoms with Crippen LogP contribution in [0.25, 0.3) is 0 Å². The number of ether oxygens (including phenoxy) is 1. The second-order valence-corrected chi connectivity index (χ2v) is 6.47. The number of aryl methyl sites for hydroxylation is 1. The van der Waals surface area contributed by atoms with Gasteiger partial charge in [0.15, 0.2) is 0 Å². The highest BCUT2D eigenvalue weighted by atomic mass is 16.5. The number of aromatic nitrogens is 2. The summed E-state index contributed by atoms with van der Waals surface area (Å²) in [4.78, 5) is 37.8. The Hall–Kier alpha value is -3.09. The minimum absolute atomic E-state index is 0.353. The van der Waals surface area contributed by atoms with E-state index in [1.807, 2.05) is 31.2 Å². The Labute approximate surface area is 150 Å². The van der Waals surface area contributed by atoms with Gasteiger partial charge in [-0.15, -0.1) is 0 Å². The van der Waals surface area contributed by atoms with E-state index in [0.717, 1.165) is 15.7 Å². The van der Waals surface area contributed by atoms with Crippen molar-refractivity contribution in [2.45, 2.75) is 19.8 Å². The Balaban J connectivity index is 2.43. The van der Waals surface area contributed by atoms with Crippen LogP contribution in [0.3, 0.4) is 0 Å². The number of hydrogen-bond acceptors (Lipinski definition) is 5. The highest BCUT2D eigenvalue weighted by Crippen LogP contribution is 2.39.